The summed E-state index contributed by atoms with van der Waals surface area (Å²) in [6.07, 6.45) is 0. The molecule has 1 amide bonds. The lowest BCUT2D eigenvalue weighted by atomic mass is 10.1. The van der Waals surface area contributed by atoms with Gasteiger partial charge in [-0.05, 0) is 19.5 Å². The van der Waals surface area contributed by atoms with Crippen LogP contribution < -0.4 is 5.32 Å². The molecular formula is C13H24N2O4. The van der Waals surface area contributed by atoms with Crippen molar-refractivity contribution in [1.82, 2.24) is 10.2 Å². The van der Waals surface area contributed by atoms with E-state index >= 15 is 0 Å². The Morgan fingerprint density at radius 2 is 1.89 bits per heavy atom. The van der Waals surface area contributed by atoms with Crippen LogP contribution in [0.4, 0.5) is 0 Å². The van der Waals surface area contributed by atoms with E-state index in [9.17, 15) is 9.59 Å². The zero-order valence-electron chi connectivity index (χ0n) is 12.1. The maximum atomic E-state index is 11.8. The summed E-state index contributed by atoms with van der Waals surface area (Å²) in [7, 11) is 3.93. The van der Waals surface area contributed by atoms with Crippen molar-refractivity contribution in [3.63, 3.8) is 0 Å². The van der Waals surface area contributed by atoms with E-state index in [4.69, 9.17) is 9.84 Å². The third kappa shape index (κ3) is 4.18. The first-order chi connectivity index (χ1) is 8.78. The van der Waals surface area contributed by atoms with Crippen LogP contribution in [0.15, 0.2) is 0 Å². The molecule has 110 valence electrons. The normalized spacial score (nSPS) is 24.3. The molecule has 1 aliphatic rings. The summed E-state index contributed by atoms with van der Waals surface area (Å²) < 4.78 is 5.35. The molecule has 6 heteroatoms. The van der Waals surface area contributed by atoms with E-state index in [1.807, 2.05) is 32.8 Å². The molecule has 1 aliphatic carbocycles. The smallest absolute Gasteiger partial charge is 0.307 e. The largest absolute Gasteiger partial charge is 0.481 e. The Hall–Kier alpha value is -1.14. The molecule has 19 heavy (non-hydrogen) atoms. The first kappa shape index (κ1) is 15.9. The van der Waals surface area contributed by atoms with E-state index in [-0.39, 0.29) is 5.91 Å². The summed E-state index contributed by atoms with van der Waals surface area (Å²) in [5, 5.41) is 11.7. The Morgan fingerprint density at radius 3 is 2.37 bits per heavy atom. The highest BCUT2D eigenvalue weighted by atomic mass is 16.5. The fraction of sp³-hybridized carbons (Fsp3) is 0.846. The second-order valence-electron chi connectivity index (χ2n) is 5.82. The molecule has 2 atom stereocenters. The fourth-order valence-electron chi connectivity index (χ4n) is 2.29. The van der Waals surface area contributed by atoms with Gasteiger partial charge in [0, 0.05) is 13.1 Å². The van der Waals surface area contributed by atoms with Gasteiger partial charge in [-0.25, -0.2) is 0 Å². The van der Waals surface area contributed by atoms with Gasteiger partial charge in [0.15, 0.2) is 0 Å². The molecule has 2 N–H and O–H groups in total. The number of carbonyl (C=O) groups excluding carboxylic acids is 1. The monoisotopic (exact) mass is 272 g/mol. The number of carboxylic acids is 1. The first-order valence-electron chi connectivity index (χ1n) is 6.51. The number of rotatable bonds is 8. The number of hydrogen-bond donors (Lipinski definition) is 2. The third-order valence-electron chi connectivity index (χ3n) is 3.60. The van der Waals surface area contributed by atoms with Crippen molar-refractivity contribution in [3.05, 3.63) is 0 Å². The second kappa shape index (κ2) is 6.34. The van der Waals surface area contributed by atoms with Crippen molar-refractivity contribution in [2.75, 3.05) is 40.4 Å². The van der Waals surface area contributed by atoms with E-state index in [0.29, 0.717) is 19.8 Å². The molecule has 6 nitrogen and oxygen atoms in total. The number of aliphatic carboxylic acids is 1. The third-order valence-corrected chi connectivity index (χ3v) is 3.60. The highest BCUT2D eigenvalue weighted by Crippen LogP contribution is 2.58. The summed E-state index contributed by atoms with van der Waals surface area (Å²) in [5.74, 6) is -2.07. The average Bonchev–Trinajstić information content (AvgIpc) is 2.86. The molecule has 0 heterocycles. The molecule has 1 saturated carbocycles. The summed E-state index contributed by atoms with van der Waals surface area (Å²) in [6.45, 7) is 5.95. The van der Waals surface area contributed by atoms with Crippen LogP contribution in [0.3, 0.4) is 0 Å². The van der Waals surface area contributed by atoms with Gasteiger partial charge >= 0.3 is 5.97 Å². The Morgan fingerprint density at radius 1 is 1.26 bits per heavy atom. The van der Waals surface area contributed by atoms with Crippen LogP contribution >= 0.6 is 0 Å². The summed E-state index contributed by atoms with van der Waals surface area (Å²) in [6, 6.07) is 0. The molecular weight excluding hydrogens is 248 g/mol. The minimum atomic E-state index is -0.896. The number of carbonyl (C=O) groups is 2. The highest BCUT2D eigenvalue weighted by molar-refractivity contribution is 5.91. The van der Waals surface area contributed by atoms with Crippen LogP contribution in [-0.2, 0) is 14.3 Å². The molecule has 1 fully saturated rings. The number of hydrogen-bond acceptors (Lipinski definition) is 4. The number of likely N-dealkylation sites (N-methyl/N-ethyl adjacent to an activating group) is 1. The number of ether oxygens (including phenoxy) is 1. The van der Waals surface area contributed by atoms with Gasteiger partial charge in [0.25, 0.3) is 0 Å². The Balaban J connectivity index is 2.18. The highest BCUT2D eigenvalue weighted by Gasteiger charge is 2.65. The van der Waals surface area contributed by atoms with E-state index in [1.165, 1.54) is 0 Å². The van der Waals surface area contributed by atoms with Gasteiger partial charge in [0.05, 0.1) is 25.0 Å². The van der Waals surface area contributed by atoms with Gasteiger partial charge in [-0.3, -0.25) is 9.59 Å². The van der Waals surface area contributed by atoms with E-state index in [1.54, 1.807) is 0 Å². The molecule has 0 aromatic heterocycles. The molecule has 2 unspecified atom stereocenters. The minimum Gasteiger partial charge on any atom is -0.481 e. The van der Waals surface area contributed by atoms with Crippen molar-refractivity contribution in [3.8, 4) is 0 Å². The number of amides is 1. The molecule has 0 aromatic rings. The topological polar surface area (TPSA) is 78.9 Å². The Kier molecular flexibility index (Phi) is 5.31. The lowest BCUT2D eigenvalue weighted by Crippen LogP contribution is -2.31. The first-order valence-corrected chi connectivity index (χ1v) is 6.51. The molecule has 0 aromatic carbocycles. The van der Waals surface area contributed by atoms with Gasteiger partial charge < -0.3 is 20.1 Å². The van der Waals surface area contributed by atoms with Crippen LogP contribution in [0.25, 0.3) is 0 Å². The molecule has 0 radical (unpaired) electrons. The fourth-order valence-corrected chi connectivity index (χ4v) is 2.29. The van der Waals surface area contributed by atoms with Gasteiger partial charge in [0.2, 0.25) is 5.91 Å². The maximum Gasteiger partial charge on any atom is 0.307 e. The SMILES string of the molecule is CN(C)CCOCCNC(=O)C1C(C(=O)O)C1(C)C. The van der Waals surface area contributed by atoms with Crippen molar-refractivity contribution in [1.29, 1.82) is 0 Å². The van der Waals surface area contributed by atoms with Gasteiger partial charge in [0.1, 0.15) is 0 Å². The zero-order valence-corrected chi connectivity index (χ0v) is 12.1. The van der Waals surface area contributed by atoms with Crippen LogP contribution in [-0.4, -0.2) is 62.3 Å². The predicted octanol–water partition coefficient (Wildman–Crippen LogP) is 0.0376. The van der Waals surface area contributed by atoms with Gasteiger partial charge in [-0.15, -0.1) is 0 Å². The van der Waals surface area contributed by atoms with Gasteiger partial charge in [-0.1, -0.05) is 13.8 Å². The van der Waals surface area contributed by atoms with Crippen LogP contribution in [0, 0.1) is 17.3 Å². The quantitative estimate of drug-likeness (QED) is 0.610. The van der Waals surface area contributed by atoms with Crippen LogP contribution in [0.2, 0.25) is 0 Å². The van der Waals surface area contributed by atoms with Crippen molar-refractivity contribution in [2.45, 2.75) is 13.8 Å². The van der Waals surface area contributed by atoms with Crippen molar-refractivity contribution >= 4 is 11.9 Å². The summed E-state index contributed by atoms with van der Waals surface area (Å²) in [4.78, 5) is 24.8. The number of carboxylic acid groups (broad SMARTS) is 1. The van der Waals surface area contributed by atoms with Gasteiger partial charge in [-0.2, -0.15) is 0 Å². The van der Waals surface area contributed by atoms with Crippen LogP contribution in [0.5, 0.6) is 0 Å². The summed E-state index contributed by atoms with van der Waals surface area (Å²) in [5.41, 5.74) is -0.443. The molecule has 0 spiro atoms. The minimum absolute atomic E-state index is 0.186. The molecule has 0 bridgehead atoms. The van der Waals surface area contributed by atoms with Crippen LogP contribution in [0.1, 0.15) is 13.8 Å². The number of nitrogens with one attached hydrogen (secondary N) is 1. The zero-order chi connectivity index (χ0) is 14.6. The van der Waals surface area contributed by atoms with Crippen molar-refractivity contribution < 1.29 is 19.4 Å². The van der Waals surface area contributed by atoms with E-state index < -0.39 is 23.2 Å². The predicted molar refractivity (Wildman–Crippen MR) is 70.8 cm³/mol. The average molecular weight is 272 g/mol. The molecule has 0 saturated heterocycles. The van der Waals surface area contributed by atoms with E-state index in [0.717, 1.165) is 6.54 Å². The second-order valence-corrected chi connectivity index (χ2v) is 5.82. The van der Waals surface area contributed by atoms with Crippen molar-refractivity contribution in [2.24, 2.45) is 17.3 Å². The summed E-state index contributed by atoms with van der Waals surface area (Å²) >= 11 is 0. The Labute approximate surface area is 114 Å². The molecule has 1 rings (SSSR count). The standard InChI is InChI=1S/C13H24N2O4/c1-13(2)9(10(13)12(17)18)11(16)14-5-7-19-8-6-15(3)4/h9-10H,5-8H2,1-4H3,(H,14,16)(H,17,18). The maximum absolute atomic E-state index is 11.8. The lowest BCUT2D eigenvalue weighted by molar-refractivity contribution is -0.140. The van der Waals surface area contributed by atoms with E-state index in [2.05, 4.69) is 5.32 Å². The Bertz CT molecular complexity index is 342. The number of nitrogens with zero attached hydrogens (tertiary/aromatic N) is 1. The molecule has 0 aliphatic heterocycles. The lowest BCUT2D eigenvalue weighted by Gasteiger charge is -2.10.